The van der Waals surface area contributed by atoms with Crippen molar-refractivity contribution in [3.63, 3.8) is 0 Å². The molecular weight excluding hydrogens is 532 g/mol. The second-order valence-corrected chi connectivity index (χ2v) is 9.70. The van der Waals surface area contributed by atoms with Crippen molar-refractivity contribution in [1.29, 1.82) is 5.26 Å². The number of carboxylic acids is 1. The Bertz CT molecular complexity index is 1410. The lowest BCUT2D eigenvalue weighted by atomic mass is 9.84. The van der Waals surface area contributed by atoms with Crippen LogP contribution in [0.3, 0.4) is 0 Å². The molecular formula is C29H32N4O8. The van der Waals surface area contributed by atoms with Crippen LogP contribution in [-0.4, -0.2) is 70.4 Å². The van der Waals surface area contributed by atoms with Gasteiger partial charge in [-0.2, -0.15) is 5.26 Å². The Labute approximate surface area is 237 Å². The van der Waals surface area contributed by atoms with E-state index in [9.17, 15) is 35.2 Å². The van der Waals surface area contributed by atoms with E-state index < -0.39 is 29.0 Å². The smallest absolute Gasteiger partial charge is 0.341 e. The molecule has 3 N–H and O–H groups in total. The van der Waals surface area contributed by atoms with Crippen molar-refractivity contribution in [2.45, 2.75) is 45.5 Å². The van der Waals surface area contributed by atoms with Crippen LogP contribution in [0, 0.1) is 21.4 Å². The number of aliphatic carboxylic acids is 1. The lowest BCUT2D eigenvalue weighted by Crippen LogP contribution is -2.41. The minimum atomic E-state index is -1.35. The maximum atomic E-state index is 13.0. The van der Waals surface area contributed by atoms with Crippen molar-refractivity contribution in [3.05, 3.63) is 86.6 Å². The van der Waals surface area contributed by atoms with E-state index in [4.69, 9.17) is 9.47 Å². The fourth-order valence-electron chi connectivity index (χ4n) is 4.46. The molecule has 0 bridgehead atoms. The van der Waals surface area contributed by atoms with Gasteiger partial charge < -0.3 is 29.9 Å². The predicted molar refractivity (Wildman–Crippen MR) is 148 cm³/mol. The maximum Gasteiger partial charge on any atom is 0.341 e. The first-order chi connectivity index (χ1) is 19.5. The molecule has 2 aromatic carbocycles. The molecule has 0 aliphatic carbocycles. The predicted octanol–water partition coefficient (Wildman–Crippen LogP) is 3.03. The van der Waals surface area contributed by atoms with E-state index in [0.717, 1.165) is 13.2 Å². The molecule has 0 aromatic heterocycles. The molecule has 0 radical (unpaired) electrons. The standard InChI is InChI=1S/C29H32N4O8/c1-17(2)31-14-22(34)16-41-23-10-8-19(9-11-23)15-32-18(3)25(28(35)36)26(27(24(32)13-30)29(37)40-4)20-6-5-7-21(12-20)33(38)39/h5-12,17-18,22,31,34H,14-16H2,1-4H3,(H,35,36). The summed E-state index contributed by atoms with van der Waals surface area (Å²) in [6.07, 6.45) is -0.701. The molecule has 12 heteroatoms. The summed E-state index contributed by atoms with van der Waals surface area (Å²) in [7, 11) is 1.10. The molecule has 0 fully saturated rings. The van der Waals surface area contributed by atoms with Gasteiger partial charge in [-0.3, -0.25) is 10.1 Å². The number of benzene rings is 2. The van der Waals surface area contributed by atoms with Crippen LogP contribution >= 0.6 is 0 Å². The Kier molecular flexibility index (Phi) is 10.2. The number of hydrogen-bond donors (Lipinski definition) is 3. The Morgan fingerprint density at radius 3 is 2.46 bits per heavy atom. The van der Waals surface area contributed by atoms with Crippen LogP contribution in [0.15, 0.2) is 65.4 Å². The molecule has 3 rings (SSSR count). The van der Waals surface area contributed by atoms with Gasteiger partial charge in [0.2, 0.25) is 0 Å². The number of rotatable bonds is 12. The molecule has 0 amide bonds. The zero-order valence-corrected chi connectivity index (χ0v) is 23.2. The third-order valence-corrected chi connectivity index (χ3v) is 6.48. The minimum Gasteiger partial charge on any atom is -0.491 e. The number of esters is 1. The number of carbonyl (C=O) groups excluding carboxylic acids is 1. The Morgan fingerprint density at radius 1 is 1.22 bits per heavy atom. The van der Waals surface area contributed by atoms with E-state index >= 15 is 0 Å². The maximum absolute atomic E-state index is 13.0. The van der Waals surface area contributed by atoms with Gasteiger partial charge in [-0.1, -0.05) is 38.1 Å². The van der Waals surface area contributed by atoms with E-state index in [1.165, 1.54) is 23.1 Å². The van der Waals surface area contributed by atoms with Gasteiger partial charge in [0, 0.05) is 36.8 Å². The highest BCUT2D eigenvalue weighted by molar-refractivity contribution is 6.14. The average molecular weight is 565 g/mol. The van der Waals surface area contributed by atoms with Crippen LogP contribution in [0.5, 0.6) is 5.75 Å². The number of non-ortho nitro benzene ring substituents is 1. The number of nitro benzene ring substituents is 1. The van der Waals surface area contributed by atoms with Gasteiger partial charge in [0.05, 0.1) is 23.6 Å². The lowest BCUT2D eigenvalue weighted by Gasteiger charge is -2.37. The quantitative estimate of drug-likeness (QED) is 0.196. The molecule has 1 heterocycles. The molecule has 41 heavy (non-hydrogen) atoms. The van der Waals surface area contributed by atoms with Crippen molar-refractivity contribution in [3.8, 4) is 11.8 Å². The molecule has 2 aromatic rings. The van der Waals surface area contributed by atoms with Crippen LogP contribution in [-0.2, 0) is 20.9 Å². The highest BCUT2D eigenvalue weighted by atomic mass is 16.6. The van der Waals surface area contributed by atoms with Gasteiger partial charge in [0.15, 0.2) is 0 Å². The molecule has 0 saturated carbocycles. The third-order valence-electron chi connectivity index (χ3n) is 6.48. The van der Waals surface area contributed by atoms with E-state index in [0.29, 0.717) is 17.9 Å². The fraction of sp³-hybridized carbons (Fsp3) is 0.345. The van der Waals surface area contributed by atoms with Crippen molar-refractivity contribution in [2.75, 3.05) is 20.3 Å². The molecule has 1 aliphatic rings. The monoisotopic (exact) mass is 564 g/mol. The summed E-state index contributed by atoms with van der Waals surface area (Å²) >= 11 is 0. The Morgan fingerprint density at radius 2 is 1.90 bits per heavy atom. The summed E-state index contributed by atoms with van der Waals surface area (Å²) in [6, 6.07) is 13.4. The van der Waals surface area contributed by atoms with E-state index in [2.05, 4.69) is 5.32 Å². The summed E-state index contributed by atoms with van der Waals surface area (Å²) in [5.74, 6) is -1.79. The Hall–Kier alpha value is -4.73. The van der Waals surface area contributed by atoms with Crippen LogP contribution in [0.2, 0.25) is 0 Å². The van der Waals surface area contributed by atoms with Gasteiger partial charge in [0.25, 0.3) is 5.69 Å². The first-order valence-corrected chi connectivity index (χ1v) is 12.8. The minimum absolute atomic E-state index is 0.0603. The molecule has 0 saturated heterocycles. The average Bonchev–Trinajstić information content (AvgIpc) is 2.95. The molecule has 2 atom stereocenters. The number of nitrogens with zero attached hydrogens (tertiary/aromatic N) is 3. The summed E-state index contributed by atoms with van der Waals surface area (Å²) < 4.78 is 10.6. The van der Waals surface area contributed by atoms with Crippen molar-refractivity contribution in [1.82, 2.24) is 10.2 Å². The normalized spacial score (nSPS) is 15.9. The van der Waals surface area contributed by atoms with E-state index in [1.54, 1.807) is 31.2 Å². The highest BCUT2D eigenvalue weighted by Crippen LogP contribution is 2.40. The highest BCUT2D eigenvalue weighted by Gasteiger charge is 2.40. The summed E-state index contributed by atoms with van der Waals surface area (Å²) in [6.45, 7) is 6.05. The van der Waals surface area contributed by atoms with Crippen LogP contribution in [0.25, 0.3) is 5.57 Å². The second-order valence-electron chi connectivity index (χ2n) is 9.70. The largest absolute Gasteiger partial charge is 0.491 e. The van der Waals surface area contributed by atoms with Crippen molar-refractivity contribution in [2.24, 2.45) is 0 Å². The first-order valence-electron chi connectivity index (χ1n) is 12.8. The number of nitriles is 1. The molecule has 0 spiro atoms. The molecule has 216 valence electrons. The van der Waals surface area contributed by atoms with Gasteiger partial charge in [-0.05, 0) is 30.2 Å². The fourth-order valence-corrected chi connectivity index (χ4v) is 4.46. The number of ether oxygens (including phenoxy) is 2. The van der Waals surface area contributed by atoms with Crippen molar-refractivity contribution >= 4 is 23.2 Å². The van der Waals surface area contributed by atoms with Gasteiger partial charge in [0.1, 0.15) is 35.8 Å². The number of carboxylic acid groups (broad SMARTS) is 1. The number of aliphatic hydroxyl groups excluding tert-OH is 1. The van der Waals surface area contributed by atoms with E-state index in [-0.39, 0.29) is 52.9 Å². The SMILES string of the molecule is COC(=O)C1=C(C#N)N(Cc2ccc(OCC(O)CNC(C)C)cc2)C(C)C(C(=O)O)=C1c1cccc([N+](=O)[O-])c1. The third kappa shape index (κ3) is 7.27. The lowest BCUT2D eigenvalue weighted by molar-refractivity contribution is -0.384. The molecule has 2 unspecified atom stereocenters. The van der Waals surface area contributed by atoms with Crippen LogP contribution in [0.4, 0.5) is 5.69 Å². The zero-order chi connectivity index (χ0) is 30.3. The van der Waals surface area contributed by atoms with Gasteiger partial charge in [-0.15, -0.1) is 0 Å². The molecule has 12 nitrogen and oxygen atoms in total. The van der Waals surface area contributed by atoms with E-state index in [1.807, 2.05) is 19.9 Å². The Balaban J connectivity index is 1.98. The zero-order valence-electron chi connectivity index (χ0n) is 23.2. The number of allylic oxidation sites excluding steroid dienone is 1. The van der Waals surface area contributed by atoms with Crippen molar-refractivity contribution < 1.29 is 34.2 Å². The summed E-state index contributed by atoms with van der Waals surface area (Å²) in [5.41, 5.74) is -0.262. The number of hydrogen-bond acceptors (Lipinski definition) is 10. The number of aliphatic hydroxyl groups is 1. The van der Waals surface area contributed by atoms with Gasteiger partial charge in [-0.25, -0.2) is 9.59 Å². The molecule has 1 aliphatic heterocycles. The summed E-state index contributed by atoms with van der Waals surface area (Å²) in [5, 5.41) is 45.0. The second kappa shape index (κ2) is 13.6. The van der Waals surface area contributed by atoms with Crippen LogP contribution in [0.1, 0.15) is 31.9 Å². The number of nitro groups is 1. The number of nitrogens with one attached hydrogen (secondary N) is 1. The number of methoxy groups -OCH3 is 1. The topological polar surface area (TPSA) is 175 Å². The van der Waals surface area contributed by atoms with Crippen LogP contribution < -0.4 is 10.1 Å². The number of carbonyl (C=O) groups is 2. The summed E-state index contributed by atoms with van der Waals surface area (Å²) in [4.78, 5) is 37.8. The first kappa shape index (κ1) is 30.8. The van der Waals surface area contributed by atoms with Gasteiger partial charge >= 0.3 is 11.9 Å².